The number of nitrogens with zero attached hydrogens (tertiary/aromatic N) is 2. The molecule has 3 aliphatic heterocycles. The molecule has 4 rings (SSSR count). The summed E-state index contributed by atoms with van der Waals surface area (Å²) in [6.45, 7) is 7.69. The van der Waals surface area contributed by atoms with Crippen LogP contribution in [0.25, 0.3) is 0 Å². The Morgan fingerprint density at radius 3 is 2.26 bits per heavy atom. The van der Waals surface area contributed by atoms with Crippen molar-refractivity contribution in [1.29, 1.82) is 0 Å². The van der Waals surface area contributed by atoms with Gasteiger partial charge < -0.3 is 10.6 Å². The van der Waals surface area contributed by atoms with Crippen LogP contribution in [0, 0.1) is 5.92 Å². The van der Waals surface area contributed by atoms with Crippen LogP contribution in [-0.4, -0.2) is 54.1 Å². The average Bonchev–Trinajstić information content (AvgIpc) is 2.47. The van der Waals surface area contributed by atoms with E-state index in [0.29, 0.717) is 6.04 Å². The van der Waals surface area contributed by atoms with Crippen molar-refractivity contribution >= 4 is 0 Å². The molecule has 0 aromatic rings. The summed E-state index contributed by atoms with van der Waals surface area (Å²) in [5.74, 6) is 0.979. The molecule has 1 unspecified atom stereocenters. The molecule has 0 aromatic heterocycles. The third-order valence-corrected chi connectivity index (χ3v) is 5.74. The molecule has 2 N–H and O–H groups in total. The van der Waals surface area contributed by atoms with Gasteiger partial charge in [0.1, 0.15) is 0 Å². The molecule has 4 aliphatic rings. The fourth-order valence-electron chi connectivity index (χ4n) is 4.62. The number of nitrogens with two attached hydrogens (primary N) is 1. The summed E-state index contributed by atoms with van der Waals surface area (Å²) < 4.78 is 0. The largest absolute Gasteiger partial charge is 0.328 e. The van der Waals surface area contributed by atoms with Gasteiger partial charge in [-0.1, -0.05) is 6.92 Å². The molecule has 3 heteroatoms. The predicted octanol–water partition coefficient (Wildman–Crippen LogP) is 2.06. The number of rotatable bonds is 4. The van der Waals surface area contributed by atoms with Crippen LogP contribution in [0.2, 0.25) is 0 Å². The van der Waals surface area contributed by atoms with Crippen molar-refractivity contribution in [2.24, 2.45) is 11.7 Å². The summed E-state index contributed by atoms with van der Waals surface area (Å²) in [5.41, 5.74) is 6.08. The molecule has 4 fully saturated rings. The summed E-state index contributed by atoms with van der Waals surface area (Å²) in [6.07, 6.45) is 9.34. The van der Waals surface area contributed by atoms with Crippen molar-refractivity contribution in [2.75, 3.05) is 26.2 Å². The molecule has 110 valence electrons. The summed E-state index contributed by atoms with van der Waals surface area (Å²) in [6, 6.07) is 2.15. The highest BCUT2D eigenvalue weighted by atomic mass is 15.3. The van der Waals surface area contributed by atoms with Crippen LogP contribution in [0.5, 0.6) is 0 Å². The quantitative estimate of drug-likeness (QED) is 0.844. The van der Waals surface area contributed by atoms with Crippen LogP contribution in [0.15, 0.2) is 0 Å². The zero-order valence-electron chi connectivity index (χ0n) is 12.6. The maximum absolute atomic E-state index is 6.08. The van der Waals surface area contributed by atoms with E-state index in [0.717, 1.165) is 18.0 Å². The van der Waals surface area contributed by atoms with Crippen LogP contribution in [0.4, 0.5) is 0 Å². The average molecular weight is 265 g/mol. The van der Waals surface area contributed by atoms with Gasteiger partial charge in [0.15, 0.2) is 0 Å². The Morgan fingerprint density at radius 1 is 1.05 bits per heavy atom. The lowest BCUT2D eigenvalue weighted by Gasteiger charge is -2.52. The standard InChI is InChI=1S/C16H31N3/c1-2-9-19(15-5-3-14(17)4-6-15)16-12-18-10-7-13(16)8-11-18/h13-16H,2-12,17H2,1H3. The van der Waals surface area contributed by atoms with Gasteiger partial charge >= 0.3 is 0 Å². The molecule has 19 heavy (non-hydrogen) atoms. The second-order valence-electron chi connectivity index (χ2n) is 7.01. The molecular weight excluding hydrogens is 234 g/mol. The van der Waals surface area contributed by atoms with Crippen LogP contribution in [-0.2, 0) is 0 Å². The first-order valence-corrected chi connectivity index (χ1v) is 8.51. The van der Waals surface area contributed by atoms with Crippen LogP contribution in [0.3, 0.4) is 0 Å². The van der Waals surface area contributed by atoms with Gasteiger partial charge in [-0.3, -0.25) is 4.90 Å². The number of hydrogen-bond donors (Lipinski definition) is 1. The number of fused-ring (bicyclic) bond motifs is 3. The highest BCUT2D eigenvalue weighted by Gasteiger charge is 2.39. The molecule has 0 radical (unpaired) electrons. The molecule has 0 amide bonds. The van der Waals surface area contributed by atoms with E-state index in [1.54, 1.807) is 0 Å². The first-order valence-electron chi connectivity index (χ1n) is 8.51. The van der Waals surface area contributed by atoms with Crippen molar-refractivity contribution in [3.63, 3.8) is 0 Å². The molecule has 2 bridgehead atoms. The van der Waals surface area contributed by atoms with Gasteiger partial charge in [0.2, 0.25) is 0 Å². The summed E-state index contributed by atoms with van der Waals surface area (Å²) in [7, 11) is 0. The Bertz CT molecular complexity index is 278. The van der Waals surface area contributed by atoms with E-state index < -0.39 is 0 Å². The minimum absolute atomic E-state index is 0.478. The van der Waals surface area contributed by atoms with Gasteiger partial charge in [-0.15, -0.1) is 0 Å². The molecule has 3 nitrogen and oxygen atoms in total. The van der Waals surface area contributed by atoms with E-state index >= 15 is 0 Å². The van der Waals surface area contributed by atoms with E-state index in [-0.39, 0.29) is 0 Å². The van der Waals surface area contributed by atoms with Crippen molar-refractivity contribution in [1.82, 2.24) is 9.80 Å². The zero-order chi connectivity index (χ0) is 13.2. The Labute approximate surface area is 118 Å². The van der Waals surface area contributed by atoms with E-state index in [9.17, 15) is 0 Å². The lowest BCUT2D eigenvalue weighted by Crippen LogP contribution is -2.60. The molecular formula is C16H31N3. The second kappa shape index (κ2) is 6.11. The smallest absolute Gasteiger partial charge is 0.0255 e. The van der Waals surface area contributed by atoms with E-state index in [1.807, 2.05) is 0 Å². The lowest BCUT2D eigenvalue weighted by molar-refractivity contribution is -0.0226. The summed E-state index contributed by atoms with van der Waals surface area (Å²) in [5, 5.41) is 0. The van der Waals surface area contributed by atoms with E-state index in [2.05, 4.69) is 16.7 Å². The summed E-state index contributed by atoms with van der Waals surface area (Å²) in [4.78, 5) is 5.59. The molecule has 1 saturated carbocycles. The fraction of sp³-hybridized carbons (Fsp3) is 1.00. The maximum atomic E-state index is 6.08. The highest BCUT2D eigenvalue weighted by Crippen LogP contribution is 2.34. The Morgan fingerprint density at radius 2 is 1.74 bits per heavy atom. The topological polar surface area (TPSA) is 32.5 Å². The molecule has 0 spiro atoms. The molecule has 1 aliphatic carbocycles. The van der Waals surface area contributed by atoms with Crippen LogP contribution < -0.4 is 5.73 Å². The Kier molecular flexibility index (Phi) is 4.45. The van der Waals surface area contributed by atoms with Crippen LogP contribution in [0.1, 0.15) is 51.9 Å². The third-order valence-electron chi connectivity index (χ3n) is 5.74. The molecule has 3 heterocycles. The van der Waals surface area contributed by atoms with Gasteiger partial charge in [0, 0.05) is 24.7 Å². The molecule has 0 aromatic carbocycles. The zero-order valence-corrected chi connectivity index (χ0v) is 12.6. The van der Waals surface area contributed by atoms with Gasteiger partial charge in [0.25, 0.3) is 0 Å². The van der Waals surface area contributed by atoms with E-state index in [4.69, 9.17) is 5.73 Å². The van der Waals surface area contributed by atoms with Crippen molar-refractivity contribution in [3.8, 4) is 0 Å². The van der Waals surface area contributed by atoms with Crippen molar-refractivity contribution < 1.29 is 0 Å². The first-order chi connectivity index (χ1) is 9.28. The normalized spacial score (nSPS) is 42.8. The molecule has 1 atom stereocenters. The number of hydrogen-bond acceptors (Lipinski definition) is 3. The van der Waals surface area contributed by atoms with Gasteiger partial charge in [0.05, 0.1) is 0 Å². The summed E-state index contributed by atoms with van der Waals surface area (Å²) >= 11 is 0. The Hall–Kier alpha value is -0.120. The monoisotopic (exact) mass is 265 g/mol. The second-order valence-corrected chi connectivity index (χ2v) is 7.01. The van der Waals surface area contributed by atoms with Gasteiger partial charge in [-0.25, -0.2) is 0 Å². The first kappa shape index (κ1) is 13.8. The maximum Gasteiger partial charge on any atom is 0.0255 e. The van der Waals surface area contributed by atoms with Gasteiger partial charge in [-0.2, -0.15) is 0 Å². The lowest BCUT2D eigenvalue weighted by atomic mass is 9.81. The van der Waals surface area contributed by atoms with Crippen molar-refractivity contribution in [2.45, 2.75) is 70.0 Å². The highest BCUT2D eigenvalue weighted by molar-refractivity contribution is 4.95. The SMILES string of the molecule is CCCN(C1CCC(N)CC1)C1CN2CCC1CC2. The number of piperidine rings is 3. The third kappa shape index (κ3) is 2.98. The fourth-order valence-corrected chi connectivity index (χ4v) is 4.62. The van der Waals surface area contributed by atoms with Crippen LogP contribution >= 0.6 is 0 Å². The predicted molar refractivity (Wildman–Crippen MR) is 80.2 cm³/mol. The Balaban J connectivity index is 1.66. The minimum Gasteiger partial charge on any atom is -0.328 e. The minimum atomic E-state index is 0.478. The molecule has 3 saturated heterocycles. The van der Waals surface area contributed by atoms with E-state index in [1.165, 1.54) is 71.1 Å². The van der Waals surface area contributed by atoms with Crippen molar-refractivity contribution in [3.05, 3.63) is 0 Å². The van der Waals surface area contributed by atoms with Gasteiger partial charge in [-0.05, 0) is 70.5 Å².